The van der Waals surface area contributed by atoms with Crippen molar-refractivity contribution in [1.29, 1.82) is 0 Å². The molecule has 6 nitrogen and oxygen atoms in total. The highest BCUT2D eigenvalue weighted by molar-refractivity contribution is 6.30. The molecule has 1 atom stereocenters. The third-order valence-electron chi connectivity index (χ3n) is 4.08. The summed E-state index contributed by atoms with van der Waals surface area (Å²) < 4.78 is 7.54. The summed E-state index contributed by atoms with van der Waals surface area (Å²) in [4.78, 5) is 12.4. The number of para-hydroxylation sites is 1. The van der Waals surface area contributed by atoms with Crippen LogP contribution in [0.15, 0.2) is 71.8 Å². The normalized spacial score (nSPS) is 12.1. The van der Waals surface area contributed by atoms with E-state index in [0.29, 0.717) is 16.6 Å². The van der Waals surface area contributed by atoms with Gasteiger partial charge in [-0.25, -0.2) is 9.78 Å². The van der Waals surface area contributed by atoms with Crippen molar-refractivity contribution in [2.24, 2.45) is 0 Å². The summed E-state index contributed by atoms with van der Waals surface area (Å²) in [5.74, 6) is 0.501. The predicted molar refractivity (Wildman–Crippen MR) is 104 cm³/mol. The maximum Gasteiger partial charge on any atom is 0.289 e. The van der Waals surface area contributed by atoms with Gasteiger partial charge in [-0.3, -0.25) is 9.89 Å². The molecule has 0 fully saturated rings. The number of halogens is 2. The summed E-state index contributed by atoms with van der Waals surface area (Å²) in [5, 5.41) is 10.3. The van der Waals surface area contributed by atoms with E-state index in [1.165, 1.54) is 10.9 Å². The van der Waals surface area contributed by atoms with Crippen LogP contribution in [0.3, 0.4) is 0 Å². The number of ether oxygens (including phenoxy) is 1. The summed E-state index contributed by atoms with van der Waals surface area (Å²) in [7, 11) is 0. The number of hydrogen-bond donors (Lipinski definition) is 2. The van der Waals surface area contributed by atoms with Crippen molar-refractivity contribution < 1.29 is 4.74 Å². The number of nitrogens with zero attached hydrogens (tertiary/aromatic N) is 2. The Labute approximate surface area is 164 Å². The van der Waals surface area contributed by atoms with E-state index in [-0.39, 0.29) is 10.6 Å². The van der Waals surface area contributed by atoms with Gasteiger partial charge in [-0.1, -0.05) is 53.5 Å². The largest absolute Gasteiger partial charge is 0.465 e. The van der Waals surface area contributed by atoms with Gasteiger partial charge < -0.3 is 4.74 Å². The van der Waals surface area contributed by atoms with E-state index in [0.717, 1.165) is 11.1 Å². The number of rotatable bonds is 5. The number of aromatic nitrogens is 4. The Kier molecular flexibility index (Phi) is 4.75. The van der Waals surface area contributed by atoms with Crippen molar-refractivity contribution in [2.75, 3.05) is 0 Å². The van der Waals surface area contributed by atoms with Gasteiger partial charge in [0, 0.05) is 22.8 Å². The number of benzene rings is 2. The Morgan fingerprint density at radius 2 is 1.81 bits per heavy atom. The molecule has 1 unspecified atom stereocenters. The fraction of sp³-hybridized carbons (Fsp3) is 0.0526. The first-order chi connectivity index (χ1) is 13.1. The zero-order valence-electron chi connectivity index (χ0n) is 13.9. The lowest BCUT2D eigenvalue weighted by atomic mass is 9.99. The minimum absolute atomic E-state index is 0.113. The summed E-state index contributed by atoms with van der Waals surface area (Å²) >= 11 is 12.0. The van der Waals surface area contributed by atoms with Crippen LogP contribution in [0, 0.1) is 0 Å². The molecule has 4 aromatic rings. The van der Waals surface area contributed by atoms with E-state index in [1.807, 2.05) is 36.4 Å². The van der Waals surface area contributed by atoms with E-state index in [1.54, 1.807) is 24.4 Å². The van der Waals surface area contributed by atoms with Gasteiger partial charge in [-0.2, -0.15) is 5.10 Å². The summed E-state index contributed by atoms with van der Waals surface area (Å²) in [6, 6.07) is 16.5. The third-order valence-corrected chi connectivity index (χ3v) is 4.60. The van der Waals surface area contributed by atoms with Crippen molar-refractivity contribution in [2.45, 2.75) is 6.10 Å². The molecule has 0 saturated carbocycles. The molecule has 2 aromatic heterocycles. The lowest BCUT2D eigenvalue weighted by Gasteiger charge is -2.21. The third kappa shape index (κ3) is 3.49. The van der Waals surface area contributed by atoms with Gasteiger partial charge in [-0.15, -0.1) is 0 Å². The van der Waals surface area contributed by atoms with Crippen molar-refractivity contribution >= 4 is 23.2 Å². The van der Waals surface area contributed by atoms with Crippen molar-refractivity contribution in [1.82, 2.24) is 20.0 Å². The summed E-state index contributed by atoms with van der Waals surface area (Å²) in [5.41, 5.74) is 1.94. The SMILES string of the molecule is O=c1c(Cl)c[nH]n1-c1ccccc1C(Oc1ccn[nH]1)c1ccc(Cl)cc1. The average molecular weight is 401 g/mol. The van der Waals surface area contributed by atoms with Crippen LogP contribution >= 0.6 is 23.2 Å². The molecule has 0 aliphatic heterocycles. The van der Waals surface area contributed by atoms with Crippen LogP contribution in [-0.2, 0) is 0 Å². The molecule has 27 heavy (non-hydrogen) atoms. The lowest BCUT2D eigenvalue weighted by Crippen LogP contribution is -2.19. The molecule has 0 radical (unpaired) electrons. The van der Waals surface area contributed by atoms with Crippen LogP contribution in [0.1, 0.15) is 17.2 Å². The van der Waals surface area contributed by atoms with Gasteiger partial charge in [0.05, 0.1) is 11.9 Å². The molecule has 2 heterocycles. The number of H-pyrrole nitrogens is 2. The fourth-order valence-corrected chi connectivity index (χ4v) is 3.08. The number of nitrogens with one attached hydrogen (secondary N) is 2. The fourth-order valence-electron chi connectivity index (χ4n) is 2.82. The van der Waals surface area contributed by atoms with Crippen LogP contribution in [0.2, 0.25) is 10.0 Å². The van der Waals surface area contributed by atoms with Crippen LogP contribution in [0.25, 0.3) is 5.69 Å². The maximum absolute atomic E-state index is 12.4. The molecule has 0 aliphatic rings. The van der Waals surface area contributed by atoms with E-state index in [2.05, 4.69) is 15.3 Å². The minimum Gasteiger partial charge on any atom is -0.465 e. The highest BCUT2D eigenvalue weighted by atomic mass is 35.5. The van der Waals surface area contributed by atoms with Crippen LogP contribution in [0.4, 0.5) is 0 Å². The molecule has 4 rings (SSSR count). The highest BCUT2D eigenvalue weighted by Crippen LogP contribution is 2.31. The van der Waals surface area contributed by atoms with Crippen molar-refractivity contribution in [3.05, 3.63) is 98.5 Å². The number of aromatic amines is 2. The zero-order chi connectivity index (χ0) is 18.8. The van der Waals surface area contributed by atoms with E-state index in [4.69, 9.17) is 27.9 Å². The average Bonchev–Trinajstić information content (AvgIpc) is 3.31. The Morgan fingerprint density at radius 1 is 1.04 bits per heavy atom. The van der Waals surface area contributed by atoms with Gasteiger partial charge in [0.25, 0.3) is 5.56 Å². The molecule has 0 bridgehead atoms. The van der Waals surface area contributed by atoms with Gasteiger partial charge in [0.2, 0.25) is 5.88 Å². The van der Waals surface area contributed by atoms with E-state index >= 15 is 0 Å². The standard InChI is InChI=1S/C19H14Cl2N4O2/c20-13-7-5-12(6-8-13)18(27-17-9-10-22-24-17)14-3-1-2-4-16(14)25-19(26)15(21)11-23-25/h1-11,18,23H,(H,22,24). The van der Waals surface area contributed by atoms with Crippen molar-refractivity contribution in [3.63, 3.8) is 0 Å². The molecule has 2 N–H and O–H groups in total. The number of hydrogen-bond acceptors (Lipinski definition) is 3. The smallest absolute Gasteiger partial charge is 0.289 e. The van der Waals surface area contributed by atoms with Crippen LogP contribution < -0.4 is 10.3 Å². The first-order valence-electron chi connectivity index (χ1n) is 8.10. The monoisotopic (exact) mass is 400 g/mol. The Hall–Kier alpha value is -2.96. The van der Waals surface area contributed by atoms with Gasteiger partial charge >= 0.3 is 0 Å². The Morgan fingerprint density at radius 3 is 2.48 bits per heavy atom. The van der Waals surface area contributed by atoms with Gasteiger partial charge in [0.1, 0.15) is 5.02 Å². The lowest BCUT2D eigenvalue weighted by molar-refractivity contribution is 0.236. The maximum atomic E-state index is 12.4. The molecule has 0 saturated heterocycles. The Balaban J connectivity index is 1.86. The van der Waals surface area contributed by atoms with Gasteiger partial charge in [-0.05, 0) is 23.8 Å². The topological polar surface area (TPSA) is 75.7 Å². The highest BCUT2D eigenvalue weighted by Gasteiger charge is 2.22. The minimum atomic E-state index is -0.507. The van der Waals surface area contributed by atoms with E-state index in [9.17, 15) is 4.79 Å². The molecule has 0 amide bonds. The molecule has 0 spiro atoms. The van der Waals surface area contributed by atoms with E-state index < -0.39 is 6.10 Å². The summed E-state index contributed by atoms with van der Waals surface area (Å²) in [6.45, 7) is 0. The molecule has 0 aliphatic carbocycles. The Bertz CT molecular complexity index is 1100. The van der Waals surface area contributed by atoms with Gasteiger partial charge in [0.15, 0.2) is 6.10 Å². The van der Waals surface area contributed by atoms with Crippen LogP contribution in [0.5, 0.6) is 5.88 Å². The first-order valence-corrected chi connectivity index (χ1v) is 8.86. The molecule has 8 heteroatoms. The zero-order valence-corrected chi connectivity index (χ0v) is 15.4. The quantitative estimate of drug-likeness (QED) is 0.522. The summed E-state index contributed by atoms with van der Waals surface area (Å²) in [6.07, 6.45) is 2.55. The second kappa shape index (κ2) is 7.34. The second-order valence-corrected chi connectivity index (χ2v) is 6.63. The first kappa shape index (κ1) is 17.5. The predicted octanol–water partition coefficient (Wildman–Crippen LogP) is 4.36. The molecule has 2 aromatic carbocycles. The molecule has 136 valence electrons. The molecular formula is C19H14Cl2N4O2. The second-order valence-electron chi connectivity index (χ2n) is 5.79. The van der Waals surface area contributed by atoms with Crippen molar-refractivity contribution in [3.8, 4) is 11.6 Å². The van der Waals surface area contributed by atoms with Crippen LogP contribution in [-0.4, -0.2) is 20.0 Å². The molecular weight excluding hydrogens is 387 g/mol.